The maximum Gasteiger partial charge on any atom is 0.416 e. The molecular weight excluding hydrogens is 300 g/mol. The molecule has 1 aromatic rings. The molecule has 0 aliphatic carbocycles. The molecule has 1 aliphatic heterocycles. The van der Waals surface area contributed by atoms with Crippen LogP contribution in [0.1, 0.15) is 11.1 Å². The summed E-state index contributed by atoms with van der Waals surface area (Å²) in [6.45, 7) is 2.72. The molecule has 0 amide bonds. The first kappa shape index (κ1) is 18.5. The lowest BCUT2D eigenvalue weighted by molar-refractivity contribution is -0.137. The number of hydrogen-bond donors (Lipinski definition) is 2. The Morgan fingerprint density at radius 3 is 2.16 bits per heavy atom. The molecule has 2 rings (SSSR count). The Morgan fingerprint density at radius 2 is 1.68 bits per heavy atom. The Morgan fingerprint density at radius 1 is 1.05 bits per heavy atom. The van der Waals surface area contributed by atoms with Crippen molar-refractivity contribution in [2.45, 2.75) is 18.6 Å². The van der Waals surface area contributed by atoms with Gasteiger partial charge < -0.3 is 10.6 Å². The first-order valence-electron chi connectivity index (χ1n) is 5.66. The molecule has 2 nitrogen and oxygen atoms in total. The zero-order valence-corrected chi connectivity index (χ0v) is 11.8. The number of hydrogen-bond acceptors (Lipinski definition) is 2. The molecular formula is C12H17Cl2F3N2. The molecule has 0 aromatic heterocycles. The second-order valence-electron chi connectivity index (χ2n) is 4.25. The summed E-state index contributed by atoms with van der Waals surface area (Å²) in [7, 11) is 0. The SMILES string of the molecule is Cl.Cl.FC(F)(F)c1ccc(CC2CNCCN2)cc1. The molecule has 1 aromatic carbocycles. The number of piperazine rings is 1. The quantitative estimate of drug-likeness (QED) is 0.876. The van der Waals surface area contributed by atoms with E-state index in [1.807, 2.05) is 0 Å². The van der Waals surface area contributed by atoms with Crippen LogP contribution in [-0.2, 0) is 12.6 Å². The van der Waals surface area contributed by atoms with Crippen LogP contribution < -0.4 is 10.6 Å². The minimum Gasteiger partial charge on any atom is -0.314 e. The highest BCUT2D eigenvalue weighted by atomic mass is 35.5. The van der Waals surface area contributed by atoms with E-state index in [4.69, 9.17) is 0 Å². The lowest BCUT2D eigenvalue weighted by atomic mass is 10.0. The van der Waals surface area contributed by atoms with E-state index in [-0.39, 0.29) is 24.8 Å². The van der Waals surface area contributed by atoms with Gasteiger partial charge in [-0.05, 0) is 24.1 Å². The van der Waals surface area contributed by atoms with E-state index in [2.05, 4.69) is 10.6 Å². The van der Waals surface area contributed by atoms with Gasteiger partial charge in [0.25, 0.3) is 0 Å². The third-order valence-corrected chi connectivity index (χ3v) is 2.89. The summed E-state index contributed by atoms with van der Waals surface area (Å²) in [6.07, 6.45) is -3.49. The summed E-state index contributed by atoms with van der Waals surface area (Å²) in [5.74, 6) is 0. The lowest BCUT2D eigenvalue weighted by Gasteiger charge is -2.24. The number of benzene rings is 1. The van der Waals surface area contributed by atoms with Crippen LogP contribution in [-0.4, -0.2) is 25.7 Å². The average Bonchev–Trinajstić information content (AvgIpc) is 2.30. The van der Waals surface area contributed by atoms with Gasteiger partial charge in [-0.25, -0.2) is 0 Å². The van der Waals surface area contributed by atoms with Crippen LogP contribution in [0.4, 0.5) is 13.2 Å². The van der Waals surface area contributed by atoms with Crippen molar-refractivity contribution in [1.82, 2.24) is 10.6 Å². The van der Waals surface area contributed by atoms with Gasteiger partial charge >= 0.3 is 6.18 Å². The predicted molar refractivity (Wildman–Crippen MR) is 74.3 cm³/mol. The van der Waals surface area contributed by atoms with Gasteiger partial charge in [-0.1, -0.05) is 12.1 Å². The van der Waals surface area contributed by atoms with E-state index < -0.39 is 11.7 Å². The predicted octanol–water partition coefficient (Wildman–Crippen LogP) is 2.65. The summed E-state index contributed by atoms with van der Waals surface area (Å²) in [5.41, 5.74) is 0.343. The van der Waals surface area contributed by atoms with Gasteiger partial charge in [0.05, 0.1) is 5.56 Å². The Balaban J connectivity index is 0.00000162. The Labute approximate surface area is 123 Å². The van der Waals surface area contributed by atoms with E-state index >= 15 is 0 Å². The largest absolute Gasteiger partial charge is 0.416 e. The molecule has 0 spiro atoms. The van der Waals surface area contributed by atoms with Gasteiger partial charge in [-0.15, -0.1) is 24.8 Å². The van der Waals surface area contributed by atoms with Crippen LogP contribution in [0, 0.1) is 0 Å². The summed E-state index contributed by atoms with van der Waals surface area (Å²) in [5, 5.41) is 6.58. The van der Waals surface area contributed by atoms with Crippen molar-refractivity contribution in [3.8, 4) is 0 Å². The van der Waals surface area contributed by atoms with Crippen LogP contribution in [0.2, 0.25) is 0 Å². The fourth-order valence-corrected chi connectivity index (χ4v) is 1.97. The molecule has 2 N–H and O–H groups in total. The molecule has 110 valence electrons. The monoisotopic (exact) mass is 316 g/mol. The molecule has 0 radical (unpaired) electrons. The molecule has 1 fully saturated rings. The van der Waals surface area contributed by atoms with Crippen LogP contribution in [0.25, 0.3) is 0 Å². The Bertz CT molecular complexity index is 362. The van der Waals surface area contributed by atoms with Gasteiger partial charge in [0.1, 0.15) is 0 Å². The average molecular weight is 317 g/mol. The van der Waals surface area contributed by atoms with E-state index in [1.165, 1.54) is 0 Å². The first-order valence-corrected chi connectivity index (χ1v) is 5.66. The van der Waals surface area contributed by atoms with Crippen molar-refractivity contribution in [2.75, 3.05) is 19.6 Å². The zero-order valence-electron chi connectivity index (χ0n) is 10.2. The number of rotatable bonds is 2. The molecule has 1 saturated heterocycles. The second-order valence-corrected chi connectivity index (χ2v) is 4.25. The Hall–Kier alpha value is -0.490. The van der Waals surface area contributed by atoms with Crippen LogP contribution in [0.3, 0.4) is 0 Å². The second kappa shape index (κ2) is 7.94. The Kier molecular flexibility index (Phi) is 7.74. The van der Waals surface area contributed by atoms with E-state index in [9.17, 15) is 13.2 Å². The summed E-state index contributed by atoms with van der Waals surface area (Å²) in [4.78, 5) is 0. The van der Waals surface area contributed by atoms with Crippen molar-refractivity contribution in [3.63, 3.8) is 0 Å². The van der Waals surface area contributed by atoms with Gasteiger partial charge in [0.15, 0.2) is 0 Å². The summed E-state index contributed by atoms with van der Waals surface area (Å²) >= 11 is 0. The minimum absolute atomic E-state index is 0. The minimum atomic E-state index is -4.25. The van der Waals surface area contributed by atoms with Crippen molar-refractivity contribution < 1.29 is 13.2 Å². The third kappa shape index (κ3) is 5.57. The molecule has 1 heterocycles. The standard InChI is InChI=1S/C12H15F3N2.2ClH/c13-12(14,15)10-3-1-9(2-4-10)7-11-8-16-5-6-17-11;;/h1-4,11,16-17H,5-8H2;2*1H. The van der Waals surface area contributed by atoms with Gasteiger partial charge in [0, 0.05) is 25.7 Å². The maximum absolute atomic E-state index is 12.4. The van der Waals surface area contributed by atoms with Crippen LogP contribution in [0.15, 0.2) is 24.3 Å². The summed E-state index contributed by atoms with van der Waals surface area (Å²) in [6, 6.07) is 5.70. The molecule has 0 saturated carbocycles. The normalized spacial score (nSPS) is 19.2. The van der Waals surface area contributed by atoms with Crippen molar-refractivity contribution in [2.24, 2.45) is 0 Å². The highest BCUT2D eigenvalue weighted by Crippen LogP contribution is 2.29. The molecule has 1 aliphatic rings. The lowest BCUT2D eigenvalue weighted by Crippen LogP contribution is -2.49. The van der Waals surface area contributed by atoms with Crippen LogP contribution in [0.5, 0.6) is 0 Å². The van der Waals surface area contributed by atoms with Gasteiger partial charge in [-0.2, -0.15) is 13.2 Å². The molecule has 7 heteroatoms. The topological polar surface area (TPSA) is 24.1 Å². The smallest absolute Gasteiger partial charge is 0.314 e. The first-order chi connectivity index (χ1) is 8.05. The fraction of sp³-hybridized carbons (Fsp3) is 0.500. The molecule has 0 bridgehead atoms. The molecule has 1 atom stereocenters. The van der Waals surface area contributed by atoms with Crippen LogP contribution >= 0.6 is 24.8 Å². The van der Waals surface area contributed by atoms with E-state index in [0.717, 1.165) is 43.8 Å². The van der Waals surface area contributed by atoms with Crippen molar-refractivity contribution in [1.29, 1.82) is 0 Å². The molecule has 19 heavy (non-hydrogen) atoms. The maximum atomic E-state index is 12.4. The highest BCUT2D eigenvalue weighted by molar-refractivity contribution is 5.85. The van der Waals surface area contributed by atoms with Crippen molar-refractivity contribution >= 4 is 24.8 Å². The van der Waals surface area contributed by atoms with Gasteiger partial charge in [0.2, 0.25) is 0 Å². The highest BCUT2D eigenvalue weighted by Gasteiger charge is 2.29. The summed E-state index contributed by atoms with van der Waals surface area (Å²) < 4.78 is 37.1. The zero-order chi connectivity index (χ0) is 12.3. The van der Waals surface area contributed by atoms with Gasteiger partial charge in [-0.3, -0.25) is 0 Å². The molecule has 1 unspecified atom stereocenters. The van der Waals surface area contributed by atoms with E-state index in [1.54, 1.807) is 12.1 Å². The fourth-order valence-electron chi connectivity index (χ4n) is 1.97. The number of halogens is 5. The number of alkyl halides is 3. The third-order valence-electron chi connectivity index (χ3n) is 2.89. The number of nitrogens with one attached hydrogen (secondary N) is 2. The van der Waals surface area contributed by atoms with E-state index in [0.29, 0.717) is 6.04 Å². The van der Waals surface area contributed by atoms with Crippen molar-refractivity contribution in [3.05, 3.63) is 35.4 Å².